The predicted molar refractivity (Wildman–Crippen MR) is 123 cm³/mol. The van der Waals surface area contributed by atoms with E-state index < -0.39 is 75.2 Å². The van der Waals surface area contributed by atoms with Gasteiger partial charge in [-0.1, -0.05) is 20.8 Å². The molecule has 37 heavy (non-hydrogen) atoms. The Hall–Kier alpha value is -2.16. The molecule has 0 unspecified atom stereocenters. The summed E-state index contributed by atoms with van der Waals surface area (Å²) < 4.78 is 55.0. The molecule has 16 heteroatoms. The first-order valence-corrected chi connectivity index (χ1v) is 13.0. The fraction of sp³-hybridized carbons (Fsp3) is 0.810. The minimum absolute atomic E-state index is 0.852. The molecule has 0 saturated carbocycles. The third-order valence-electron chi connectivity index (χ3n) is 4.82. The third-order valence-corrected chi connectivity index (χ3v) is 5.30. The van der Waals surface area contributed by atoms with Crippen molar-refractivity contribution in [1.82, 2.24) is 4.90 Å². The number of phosphoric acid groups is 1. The number of rotatable bonds is 11. The van der Waals surface area contributed by atoms with Gasteiger partial charge in [0.15, 0.2) is 24.5 Å². The molecule has 0 aromatic carbocycles. The molecule has 0 aliphatic carbocycles. The van der Waals surface area contributed by atoms with Crippen LogP contribution >= 0.6 is 7.82 Å². The molecule has 1 aliphatic heterocycles. The number of nitrogens with zero attached hydrogens (tertiary/aromatic N) is 1. The van der Waals surface area contributed by atoms with Crippen LogP contribution in [0.25, 0.3) is 0 Å². The second kappa shape index (κ2) is 16.6. The van der Waals surface area contributed by atoms with Crippen LogP contribution in [0.4, 0.5) is 4.39 Å². The number of halogens is 1. The highest BCUT2D eigenvalue weighted by molar-refractivity contribution is 7.46. The van der Waals surface area contributed by atoms with E-state index in [2.05, 4.69) is 34.9 Å². The molecular weight excluding hydrogens is 524 g/mol. The highest BCUT2D eigenvalue weighted by Gasteiger charge is 2.56. The summed E-state index contributed by atoms with van der Waals surface area (Å²) in [6.45, 7) is 13.0. The first-order valence-electron chi connectivity index (χ1n) is 11.5. The maximum atomic E-state index is 14.8. The Kier molecular flexibility index (Phi) is 15.7. The number of esters is 4. The van der Waals surface area contributed by atoms with Crippen LogP contribution in [0.15, 0.2) is 0 Å². The van der Waals surface area contributed by atoms with Crippen LogP contribution in [0.1, 0.15) is 48.5 Å². The zero-order valence-electron chi connectivity index (χ0n) is 22.0. The first kappa shape index (κ1) is 34.8. The summed E-state index contributed by atoms with van der Waals surface area (Å²) in [6.07, 6.45) is -11.6. The summed E-state index contributed by atoms with van der Waals surface area (Å²) in [7, 11) is -5.28. The number of carbonyl (C=O) groups excluding carboxylic acids is 4. The van der Waals surface area contributed by atoms with Gasteiger partial charge >= 0.3 is 31.7 Å². The van der Waals surface area contributed by atoms with Crippen LogP contribution in [-0.4, -0.2) is 102 Å². The summed E-state index contributed by atoms with van der Waals surface area (Å²) in [6, 6.07) is 0. The van der Waals surface area contributed by atoms with Gasteiger partial charge in [0.05, 0.1) is 0 Å². The molecule has 0 aromatic heterocycles. The predicted octanol–water partition coefficient (Wildman–Crippen LogP) is 0.865. The van der Waals surface area contributed by atoms with Gasteiger partial charge in [-0.3, -0.25) is 23.7 Å². The summed E-state index contributed by atoms with van der Waals surface area (Å²) >= 11 is 0. The van der Waals surface area contributed by atoms with Crippen LogP contribution in [0.2, 0.25) is 0 Å². The summed E-state index contributed by atoms with van der Waals surface area (Å²) in [5.41, 5.74) is 0. The summed E-state index contributed by atoms with van der Waals surface area (Å²) in [4.78, 5) is 66.1. The van der Waals surface area contributed by atoms with Crippen molar-refractivity contribution >= 4 is 31.7 Å². The lowest BCUT2D eigenvalue weighted by atomic mass is 9.95. The van der Waals surface area contributed by atoms with E-state index in [0.717, 1.165) is 27.7 Å². The van der Waals surface area contributed by atoms with Gasteiger partial charge < -0.3 is 38.4 Å². The molecule has 1 fully saturated rings. The van der Waals surface area contributed by atoms with Crippen LogP contribution in [0, 0.1) is 0 Å². The van der Waals surface area contributed by atoms with E-state index in [-0.39, 0.29) is 0 Å². The van der Waals surface area contributed by atoms with Gasteiger partial charge in [0.2, 0.25) is 6.29 Å². The Labute approximate surface area is 214 Å². The molecular formula is C21H37FNO13P. The molecule has 1 rings (SSSR count). The van der Waals surface area contributed by atoms with Gasteiger partial charge in [-0.15, -0.1) is 0 Å². The van der Waals surface area contributed by atoms with Gasteiger partial charge in [0.1, 0.15) is 12.7 Å². The summed E-state index contributed by atoms with van der Waals surface area (Å²) in [5, 5.41) is 0. The van der Waals surface area contributed by atoms with Crippen LogP contribution in [0.5, 0.6) is 0 Å². The molecule has 1 heterocycles. The number of hydrogen-bond donors (Lipinski definition) is 2. The molecule has 0 amide bonds. The van der Waals surface area contributed by atoms with Crippen molar-refractivity contribution in [3.63, 3.8) is 0 Å². The average molecular weight is 561 g/mol. The smallest absolute Gasteiger partial charge is 0.463 e. The number of carbonyl (C=O) groups is 4. The monoisotopic (exact) mass is 561 g/mol. The standard InChI is InChI=1S/C15H22FO13P.C6H15N/c1-6(17)24-5-10(16)11-12(25-7(2)18)13(26-8(3)19)14(27-9(4)20)15(28-11)29-30(21,22)23;1-4-7(5-2)6-3/h10-15H,5H2,1-4H3,(H2,21,22,23);4-6H2,1-3H3/t10-,11+,12+,13-,14-,15-;/m0./s1. The van der Waals surface area contributed by atoms with Gasteiger partial charge in [0, 0.05) is 27.7 Å². The van der Waals surface area contributed by atoms with Crippen molar-refractivity contribution in [2.45, 2.75) is 85.3 Å². The fourth-order valence-corrected chi connectivity index (χ4v) is 3.72. The quantitative estimate of drug-likeness (QED) is 0.206. The van der Waals surface area contributed by atoms with Crippen molar-refractivity contribution in [3.05, 3.63) is 0 Å². The topological polar surface area (TPSA) is 184 Å². The van der Waals surface area contributed by atoms with E-state index >= 15 is 0 Å². The molecule has 2 N–H and O–H groups in total. The Bertz CT molecular complexity index is 798. The SMILES string of the molecule is CC(=O)OC[C@H](F)[C@H]1O[C@@H](OP(=O)(O)O)[C@@H](OC(C)=O)[C@@H](OC(C)=O)[C@@H]1OC(C)=O.CCN(CC)CC. The van der Waals surface area contributed by atoms with Crippen molar-refractivity contribution in [2.24, 2.45) is 0 Å². The number of phosphoric ester groups is 1. The molecule has 6 atom stereocenters. The molecule has 1 aliphatic rings. The molecule has 216 valence electrons. The second-order valence-electron chi connectivity index (χ2n) is 7.73. The van der Waals surface area contributed by atoms with Gasteiger partial charge in [-0.25, -0.2) is 8.96 Å². The minimum atomic E-state index is -5.28. The lowest BCUT2D eigenvalue weighted by Crippen LogP contribution is -2.64. The molecule has 0 spiro atoms. The fourth-order valence-electron chi connectivity index (χ4n) is 3.28. The van der Waals surface area contributed by atoms with E-state index in [9.17, 15) is 28.1 Å². The van der Waals surface area contributed by atoms with E-state index in [1.807, 2.05) is 0 Å². The van der Waals surface area contributed by atoms with E-state index in [1.54, 1.807) is 0 Å². The van der Waals surface area contributed by atoms with Crippen molar-refractivity contribution in [1.29, 1.82) is 0 Å². The van der Waals surface area contributed by atoms with Gasteiger partial charge in [-0.05, 0) is 19.6 Å². The largest absolute Gasteiger partial charge is 0.472 e. The molecule has 1 saturated heterocycles. The van der Waals surface area contributed by atoms with Crippen molar-refractivity contribution in [2.75, 3.05) is 26.2 Å². The first-order chi connectivity index (χ1) is 17.1. The van der Waals surface area contributed by atoms with E-state index in [0.29, 0.717) is 0 Å². The van der Waals surface area contributed by atoms with Crippen molar-refractivity contribution in [3.8, 4) is 0 Å². The Morgan fingerprint density at radius 1 is 0.838 bits per heavy atom. The molecule has 0 aromatic rings. The lowest BCUT2D eigenvalue weighted by Gasteiger charge is -2.44. The van der Waals surface area contributed by atoms with Crippen LogP contribution in [0.3, 0.4) is 0 Å². The van der Waals surface area contributed by atoms with Crippen LogP contribution in [-0.2, 0) is 52.0 Å². The third kappa shape index (κ3) is 13.8. The average Bonchev–Trinajstić information content (AvgIpc) is 2.75. The summed E-state index contributed by atoms with van der Waals surface area (Å²) in [5.74, 6) is -3.81. The van der Waals surface area contributed by atoms with Crippen LogP contribution < -0.4 is 0 Å². The lowest BCUT2D eigenvalue weighted by molar-refractivity contribution is -0.296. The molecule has 14 nitrogen and oxygen atoms in total. The number of ether oxygens (including phenoxy) is 5. The molecule has 0 bridgehead atoms. The number of hydrogen-bond acceptors (Lipinski definition) is 12. The zero-order valence-corrected chi connectivity index (χ0v) is 22.8. The highest BCUT2D eigenvalue weighted by Crippen LogP contribution is 2.42. The maximum absolute atomic E-state index is 14.8. The van der Waals surface area contributed by atoms with Gasteiger partial charge in [-0.2, -0.15) is 0 Å². The number of alkyl halides is 1. The minimum Gasteiger partial charge on any atom is -0.463 e. The zero-order chi connectivity index (χ0) is 28.9. The highest BCUT2D eigenvalue weighted by atomic mass is 31.2. The van der Waals surface area contributed by atoms with Crippen molar-refractivity contribution < 1.29 is 66.1 Å². The van der Waals surface area contributed by atoms with E-state index in [1.165, 1.54) is 19.6 Å². The Morgan fingerprint density at radius 2 is 1.27 bits per heavy atom. The Balaban J connectivity index is 0.00000161. The normalized spacial score (nSPS) is 24.2. The Morgan fingerprint density at radius 3 is 1.62 bits per heavy atom. The second-order valence-corrected chi connectivity index (χ2v) is 8.92. The van der Waals surface area contributed by atoms with E-state index in [4.69, 9.17) is 28.7 Å². The maximum Gasteiger partial charge on any atom is 0.472 e. The molecule has 0 radical (unpaired) electrons. The van der Waals surface area contributed by atoms with Gasteiger partial charge in [0.25, 0.3) is 0 Å².